The molecule has 8 nitrogen and oxygen atoms in total. The average Bonchev–Trinajstić information content (AvgIpc) is 1.99. The Hall–Kier alpha value is -0.900. The Bertz CT molecular complexity index is 327. The van der Waals surface area contributed by atoms with E-state index in [0.717, 1.165) is 0 Å². The van der Waals surface area contributed by atoms with Gasteiger partial charge in [-0.05, 0) is 20.3 Å². The molecule has 0 atom stereocenters. The standard InChI is InChI=1S/C7H17N3O5S/c1-7(2,3-4-11)10-16(13,14)9-6(12)15-5-8/h10-11H,3-5,8H2,1-2H3,(H,9,12). The molecule has 0 saturated carbocycles. The summed E-state index contributed by atoms with van der Waals surface area (Å²) < 4.78 is 30.7. The molecule has 0 aliphatic carbocycles. The van der Waals surface area contributed by atoms with Crippen LogP contribution in [0.5, 0.6) is 0 Å². The van der Waals surface area contributed by atoms with Gasteiger partial charge in [0.2, 0.25) is 0 Å². The third-order valence-electron chi connectivity index (χ3n) is 1.58. The Morgan fingerprint density at radius 2 is 2.06 bits per heavy atom. The first-order valence-electron chi connectivity index (χ1n) is 4.52. The lowest BCUT2D eigenvalue weighted by Gasteiger charge is -2.24. The summed E-state index contributed by atoms with van der Waals surface area (Å²) in [4.78, 5) is 10.8. The minimum Gasteiger partial charge on any atom is -0.433 e. The summed E-state index contributed by atoms with van der Waals surface area (Å²) in [6.07, 6.45) is -0.949. The van der Waals surface area contributed by atoms with Gasteiger partial charge in [0, 0.05) is 12.1 Å². The van der Waals surface area contributed by atoms with Crippen molar-refractivity contribution in [3.63, 3.8) is 0 Å². The topological polar surface area (TPSA) is 131 Å². The molecule has 0 rings (SSSR count). The van der Waals surface area contributed by atoms with Gasteiger partial charge in [0.05, 0.1) is 0 Å². The van der Waals surface area contributed by atoms with Gasteiger partial charge >= 0.3 is 16.3 Å². The molecule has 0 bridgehead atoms. The van der Waals surface area contributed by atoms with Gasteiger partial charge in [0.1, 0.15) is 6.73 Å². The highest BCUT2D eigenvalue weighted by atomic mass is 32.2. The average molecular weight is 255 g/mol. The highest BCUT2D eigenvalue weighted by Gasteiger charge is 2.25. The van der Waals surface area contributed by atoms with Crippen molar-refractivity contribution in [2.75, 3.05) is 13.3 Å². The van der Waals surface area contributed by atoms with Crippen LogP contribution in [0.1, 0.15) is 20.3 Å². The van der Waals surface area contributed by atoms with Crippen molar-refractivity contribution < 1.29 is 23.1 Å². The summed E-state index contributed by atoms with van der Waals surface area (Å²) in [5, 5.41) is 8.70. The van der Waals surface area contributed by atoms with Crippen LogP contribution in [0.2, 0.25) is 0 Å². The predicted molar refractivity (Wildman–Crippen MR) is 56.5 cm³/mol. The Kier molecular flexibility index (Phi) is 5.65. The van der Waals surface area contributed by atoms with Crippen molar-refractivity contribution in [1.82, 2.24) is 9.44 Å². The quantitative estimate of drug-likeness (QED) is 0.433. The molecule has 9 heteroatoms. The van der Waals surface area contributed by atoms with E-state index < -0.39 is 28.6 Å². The molecule has 16 heavy (non-hydrogen) atoms. The molecular formula is C7H17N3O5S. The minimum absolute atomic E-state index is 0.178. The second kappa shape index (κ2) is 5.99. The second-order valence-electron chi connectivity index (χ2n) is 3.66. The summed E-state index contributed by atoms with van der Waals surface area (Å²) in [6, 6.07) is 0. The minimum atomic E-state index is -4.02. The summed E-state index contributed by atoms with van der Waals surface area (Å²) >= 11 is 0. The molecule has 0 aliphatic heterocycles. The van der Waals surface area contributed by atoms with Gasteiger partial charge in [-0.2, -0.15) is 13.1 Å². The van der Waals surface area contributed by atoms with Gasteiger partial charge in [-0.25, -0.2) is 9.52 Å². The third-order valence-corrected chi connectivity index (χ3v) is 2.84. The molecule has 1 amide bonds. The second-order valence-corrected chi connectivity index (χ2v) is 5.08. The van der Waals surface area contributed by atoms with Crippen molar-refractivity contribution >= 4 is 16.3 Å². The fraction of sp³-hybridized carbons (Fsp3) is 0.857. The van der Waals surface area contributed by atoms with Crippen LogP contribution in [0.3, 0.4) is 0 Å². The van der Waals surface area contributed by atoms with E-state index in [4.69, 9.17) is 10.8 Å². The highest BCUT2D eigenvalue weighted by Crippen LogP contribution is 2.08. The number of aliphatic hydroxyl groups is 1. The van der Waals surface area contributed by atoms with E-state index in [-0.39, 0.29) is 13.0 Å². The van der Waals surface area contributed by atoms with Crippen LogP contribution in [0.15, 0.2) is 0 Å². The largest absolute Gasteiger partial charge is 0.433 e. The van der Waals surface area contributed by atoms with Crippen LogP contribution >= 0.6 is 0 Å². The first-order valence-corrected chi connectivity index (χ1v) is 6.00. The Morgan fingerprint density at radius 1 is 1.50 bits per heavy atom. The van der Waals surface area contributed by atoms with Crippen LogP contribution in [0.4, 0.5) is 4.79 Å². The molecule has 0 spiro atoms. The van der Waals surface area contributed by atoms with E-state index in [2.05, 4.69) is 9.46 Å². The lowest BCUT2D eigenvalue weighted by molar-refractivity contribution is 0.155. The number of carbonyl (C=O) groups excluding carboxylic acids is 1. The van der Waals surface area contributed by atoms with E-state index >= 15 is 0 Å². The van der Waals surface area contributed by atoms with Gasteiger partial charge in [-0.3, -0.25) is 5.73 Å². The monoisotopic (exact) mass is 255 g/mol. The maximum Gasteiger partial charge on any atom is 0.423 e. The van der Waals surface area contributed by atoms with Crippen molar-refractivity contribution in [3.8, 4) is 0 Å². The Labute approximate surface area is 94.3 Å². The zero-order valence-electron chi connectivity index (χ0n) is 9.19. The van der Waals surface area contributed by atoms with Crippen LogP contribution in [-0.2, 0) is 14.9 Å². The van der Waals surface area contributed by atoms with Crippen molar-refractivity contribution in [1.29, 1.82) is 0 Å². The van der Waals surface area contributed by atoms with Gasteiger partial charge in [-0.1, -0.05) is 0 Å². The molecule has 0 unspecified atom stereocenters. The van der Waals surface area contributed by atoms with Crippen LogP contribution in [0, 0.1) is 0 Å². The predicted octanol–water partition coefficient (Wildman–Crippen LogP) is -1.38. The first-order chi connectivity index (χ1) is 7.22. The molecule has 0 aromatic carbocycles. The Balaban J connectivity index is 4.41. The van der Waals surface area contributed by atoms with Crippen LogP contribution in [0.25, 0.3) is 0 Å². The number of ether oxygens (including phenoxy) is 1. The SMILES string of the molecule is CC(C)(CCO)NS(=O)(=O)NC(=O)OCN. The zero-order chi connectivity index (χ0) is 12.8. The molecule has 5 N–H and O–H groups in total. The van der Waals surface area contributed by atoms with E-state index in [1.54, 1.807) is 18.6 Å². The maximum absolute atomic E-state index is 11.4. The maximum atomic E-state index is 11.4. The van der Waals surface area contributed by atoms with E-state index in [1.165, 1.54) is 0 Å². The number of aliphatic hydroxyl groups excluding tert-OH is 1. The number of hydrogen-bond acceptors (Lipinski definition) is 6. The Morgan fingerprint density at radius 3 is 2.50 bits per heavy atom. The molecule has 0 aliphatic rings. The highest BCUT2D eigenvalue weighted by molar-refractivity contribution is 7.88. The molecule has 0 aromatic heterocycles. The summed E-state index contributed by atoms with van der Waals surface area (Å²) in [5.41, 5.74) is 4.02. The van der Waals surface area contributed by atoms with E-state index in [0.29, 0.717) is 0 Å². The molecule has 0 saturated heterocycles. The van der Waals surface area contributed by atoms with Crippen LogP contribution < -0.4 is 15.2 Å². The van der Waals surface area contributed by atoms with Gasteiger partial charge in [-0.15, -0.1) is 0 Å². The zero-order valence-corrected chi connectivity index (χ0v) is 10.0. The molecular weight excluding hydrogens is 238 g/mol. The summed E-state index contributed by atoms with van der Waals surface area (Å²) in [6.45, 7) is 2.54. The summed E-state index contributed by atoms with van der Waals surface area (Å²) in [7, 11) is -4.02. The molecule has 0 aromatic rings. The van der Waals surface area contributed by atoms with Crippen molar-refractivity contribution in [2.45, 2.75) is 25.8 Å². The fourth-order valence-electron chi connectivity index (χ4n) is 0.935. The van der Waals surface area contributed by atoms with E-state index in [9.17, 15) is 13.2 Å². The van der Waals surface area contributed by atoms with Crippen molar-refractivity contribution in [2.24, 2.45) is 5.73 Å². The third kappa shape index (κ3) is 6.56. The van der Waals surface area contributed by atoms with Gasteiger partial charge < -0.3 is 9.84 Å². The van der Waals surface area contributed by atoms with Gasteiger partial charge in [0.15, 0.2) is 0 Å². The van der Waals surface area contributed by atoms with Crippen LogP contribution in [-0.4, -0.2) is 38.5 Å². The number of nitrogens with one attached hydrogen (secondary N) is 2. The normalized spacial score (nSPS) is 12.2. The molecule has 96 valence electrons. The fourth-order valence-corrected chi connectivity index (χ4v) is 2.09. The lowest BCUT2D eigenvalue weighted by Crippen LogP contribution is -2.50. The number of rotatable bonds is 6. The number of carbonyl (C=O) groups is 1. The molecule has 0 radical (unpaired) electrons. The number of nitrogens with two attached hydrogens (primary N) is 1. The summed E-state index contributed by atoms with van der Waals surface area (Å²) in [5.74, 6) is 0. The van der Waals surface area contributed by atoms with Crippen molar-refractivity contribution in [3.05, 3.63) is 0 Å². The van der Waals surface area contributed by atoms with E-state index in [1.807, 2.05) is 0 Å². The smallest absolute Gasteiger partial charge is 0.423 e. The van der Waals surface area contributed by atoms with Gasteiger partial charge in [0.25, 0.3) is 0 Å². The number of amides is 1. The molecule has 0 heterocycles. The first kappa shape index (κ1) is 15.1. The lowest BCUT2D eigenvalue weighted by atomic mass is 10.0. The number of hydrogen-bond donors (Lipinski definition) is 4. The molecule has 0 fully saturated rings.